The van der Waals surface area contributed by atoms with Crippen LogP contribution in [-0.2, 0) is 16.4 Å². The number of fused-ring (bicyclic) bond motifs is 2. The van der Waals surface area contributed by atoms with E-state index in [1.54, 1.807) is 12.1 Å². The minimum atomic E-state index is -3.38. The number of nitrogens with zero attached hydrogens (tertiary/aromatic N) is 1. The fourth-order valence-electron chi connectivity index (χ4n) is 3.52. The van der Waals surface area contributed by atoms with Crippen molar-refractivity contribution in [2.24, 2.45) is 0 Å². The van der Waals surface area contributed by atoms with E-state index in [1.165, 1.54) is 5.56 Å². The van der Waals surface area contributed by atoms with Crippen LogP contribution in [0.25, 0.3) is 6.08 Å². The quantitative estimate of drug-likeness (QED) is 0.812. The summed E-state index contributed by atoms with van der Waals surface area (Å²) in [6.07, 6.45) is 1.85. The third-order valence-electron chi connectivity index (χ3n) is 4.53. The number of rotatable bonds is 1. The molecule has 0 amide bonds. The average molecular weight is 311 g/mol. The molecule has 0 radical (unpaired) electrons. The average Bonchev–Trinajstić information content (AvgIpc) is 2.78. The van der Waals surface area contributed by atoms with E-state index in [0.717, 1.165) is 24.2 Å². The molecule has 3 nitrogen and oxygen atoms in total. The fraction of sp³-hybridized carbons (Fsp3) is 0.222. The number of sulfone groups is 1. The SMILES string of the molecule is CN1Cc2ccccc2C(C2=Cc3ccccc3S2(=O)=O)C1. The molecule has 112 valence electrons. The molecule has 2 aromatic rings. The molecule has 1 unspecified atom stereocenters. The zero-order valence-corrected chi connectivity index (χ0v) is 13.2. The summed E-state index contributed by atoms with van der Waals surface area (Å²) in [5.41, 5.74) is 3.17. The molecule has 0 fully saturated rings. The predicted octanol–water partition coefficient (Wildman–Crippen LogP) is 3.04. The molecule has 0 aromatic heterocycles. The molecule has 0 N–H and O–H groups in total. The standard InChI is InChI=1S/C18H17NO2S/c1-19-11-14-7-2-4-8-15(14)16(12-19)18-10-13-6-3-5-9-17(13)22(18,20)21/h2-10,16H,11-12H2,1H3. The zero-order valence-electron chi connectivity index (χ0n) is 12.4. The highest BCUT2D eigenvalue weighted by atomic mass is 32.2. The normalized spacial score (nSPS) is 22.8. The van der Waals surface area contributed by atoms with Crippen LogP contribution < -0.4 is 0 Å². The van der Waals surface area contributed by atoms with Crippen molar-refractivity contribution in [2.75, 3.05) is 13.6 Å². The lowest BCUT2D eigenvalue weighted by Crippen LogP contribution is -2.32. The lowest BCUT2D eigenvalue weighted by molar-refractivity contribution is 0.296. The summed E-state index contributed by atoms with van der Waals surface area (Å²) in [5, 5.41) is 0. The van der Waals surface area contributed by atoms with Crippen LogP contribution in [0.15, 0.2) is 58.3 Å². The Morgan fingerprint density at radius 1 is 1.05 bits per heavy atom. The van der Waals surface area contributed by atoms with Crippen molar-refractivity contribution in [2.45, 2.75) is 17.4 Å². The first kappa shape index (κ1) is 13.7. The maximum Gasteiger partial charge on any atom is 0.204 e. The van der Waals surface area contributed by atoms with E-state index < -0.39 is 9.84 Å². The molecule has 4 rings (SSSR count). The van der Waals surface area contributed by atoms with Crippen LogP contribution >= 0.6 is 0 Å². The Bertz CT molecular complexity index is 883. The minimum absolute atomic E-state index is 0.0904. The Morgan fingerprint density at radius 2 is 1.77 bits per heavy atom. The van der Waals surface area contributed by atoms with Gasteiger partial charge in [0.1, 0.15) is 0 Å². The topological polar surface area (TPSA) is 37.4 Å². The van der Waals surface area contributed by atoms with Gasteiger partial charge in [-0.05, 0) is 35.9 Å². The molecule has 22 heavy (non-hydrogen) atoms. The maximum atomic E-state index is 12.9. The van der Waals surface area contributed by atoms with Gasteiger partial charge in [-0.3, -0.25) is 0 Å². The first-order chi connectivity index (χ1) is 10.6. The van der Waals surface area contributed by atoms with Gasteiger partial charge in [-0.2, -0.15) is 0 Å². The van der Waals surface area contributed by atoms with E-state index in [-0.39, 0.29) is 5.92 Å². The number of hydrogen-bond acceptors (Lipinski definition) is 3. The van der Waals surface area contributed by atoms with Crippen molar-refractivity contribution >= 4 is 15.9 Å². The second kappa shape index (κ2) is 4.80. The van der Waals surface area contributed by atoms with E-state index >= 15 is 0 Å². The van der Waals surface area contributed by atoms with Gasteiger partial charge in [0.25, 0.3) is 0 Å². The highest BCUT2D eigenvalue weighted by molar-refractivity contribution is 7.96. The van der Waals surface area contributed by atoms with E-state index in [0.29, 0.717) is 9.80 Å². The van der Waals surface area contributed by atoms with Crippen LogP contribution in [0.1, 0.15) is 22.6 Å². The van der Waals surface area contributed by atoms with Gasteiger partial charge >= 0.3 is 0 Å². The smallest absolute Gasteiger partial charge is 0.204 e. The summed E-state index contributed by atoms with van der Waals surface area (Å²) in [6.45, 7) is 1.60. The van der Waals surface area contributed by atoms with Crippen molar-refractivity contribution in [3.8, 4) is 0 Å². The van der Waals surface area contributed by atoms with E-state index in [1.807, 2.05) is 37.4 Å². The molecule has 1 atom stereocenters. The summed E-state index contributed by atoms with van der Waals surface area (Å²) >= 11 is 0. The van der Waals surface area contributed by atoms with Crippen molar-refractivity contribution < 1.29 is 8.42 Å². The molecule has 0 bridgehead atoms. The van der Waals surface area contributed by atoms with Crippen LogP contribution in [0.4, 0.5) is 0 Å². The largest absolute Gasteiger partial charge is 0.301 e. The van der Waals surface area contributed by atoms with Crippen LogP contribution in [-0.4, -0.2) is 26.9 Å². The predicted molar refractivity (Wildman–Crippen MR) is 87.1 cm³/mol. The van der Waals surface area contributed by atoms with Crippen LogP contribution in [0.3, 0.4) is 0 Å². The first-order valence-electron chi connectivity index (χ1n) is 7.39. The van der Waals surface area contributed by atoms with Crippen LogP contribution in [0.5, 0.6) is 0 Å². The molecule has 2 aliphatic rings. The molecule has 0 saturated carbocycles. The van der Waals surface area contributed by atoms with Crippen molar-refractivity contribution in [3.63, 3.8) is 0 Å². The lowest BCUT2D eigenvalue weighted by Gasteiger charge is -2.32. The number of likely N-dealkylation sites (N-methyl/N-ethyl adjacent to an activating group) is 1. The van der Waals surface area contributed by atoms with E-state index in [4.69, 9.17) is 0 Å². The highest BCUT2D eigenvalue weighted by Crippen LogP contribution is 2.43. The monoisotopic (exact) mass is 311 g/mol. The summed E-state index contributed by atoms with van der Waals surface area (Å²) in [4.78, 5) is 3.16. The first-order valence-corrected chi connectivity index (χ1v) is 8.88. The van der Waals surface area contributed by atoms with Gasteiger partial charge in [0.2, 0.25) is 9.84 Å². The summed E-state index contributed by atoms with van der Waals surface area (Å²) < 4.78 is 25.8. The molecular formula is C18H17NO2S. The molecular weight excluding hydrogens is 294 g/mol. The van der Waals surface area contributed by atoms with Gasteiger partial charge in [0.05, 0.1) is 9.80 Å². The number of benzene rings is 2. The van der Waals surface area contributed by atoms with Gasteiger partial charge in [-0.1, -0.05) is 42.5 Å². The van der Waals surface area contributed by atoms with Crippen LogP contribution in [0.2, 0.25) is 0 Å². The van der Waals surface area contributed by atoms with Gasteiger partial charge in [-0.15, -0.1) is 0 Å². The summed E-state index contributed by atoms with van der Waals surface area (Å²) in [7, 11) is -1.34. The maximum absolute atomic E-state index is 12.9. The van der Waals surface area contributed by atoms with Gasteiger partial charge in [-0.25, -0.2) is 8.42 Å². The highest BCUT2D eigenvalue weighted by Gasteiger charge is 2.37. The Balaban J connectivity index is 1.88. The zero-order chi connectivity index (χ0) is 15.3. The number of hydrogen-bond donors (Lipinski definition) is 0. The Kier molecular flexibility index (Phi) is 2.99. The van der Waals surface area contributed by atoms with Crippen molar-refractivity contribution in [1.29, 1.82) is 0 Å². The second-order valence-electron chi connectivity index (χ2n) is 6.04. The van der Waals surface area contributed by atoms with E-state index in [2.05, 4.69) is 17.0 Å². The van der Waals surface area contributed by atoms with E-state index in [9.17, 15) is 8.42 Å². The Morgan fingerprint density at radius 3 is 2.59 bits per heavy atom. The Labute approximate surface area is 130 Å². The molecule has 2 aliphatic heterocycles. The molecule has 0 spiro atoms. The van der Waals surface area contributed by atoms with Gasteiger partial charge < -0.3 is 4.90 Å². The molecule has 4 heteroatoms. The molecule has 2 aromatic carbocycles. The fourth-order valence-corrected chi connectivity index (χ4v) is 5.32. The van der Waals surface area contributed by atoms with Crippen LogP contribution in [0, 0.1) is 0 Å². The Hall–Kier alpha value is -1.91. The third kappa shape index (κ3) is 1.95. The second-order valence-corrected chi connectivity index (χ2v) is 7.95. The summed E-state index contributed by atoms with van der Waals surface area (Å²) in [5.74, 6) is -0.0904. The molecule has 0 saturated heterocycles. The van der Waals surface area contributed by atoms with Gasteiger partial charge in [0, 0.05) is 19.0 Å². The molecule has 2 heterocycles. The van der Waals surface area contributed by atoms with Gasteiger partial charge in [0.15, 0.2) is 0 Å². The summed E-state index contributed by atoms with van der Waals surface area (Å²) in [6, 6.07) is 15.4. The van der Waals surface area contributed by atoms with Crippen molar-refractivity contribution in [1.82, 2.24) is 4.90 Å². The third-order valence-corrected chi connectivity index (χ3v) is 6.50. The lowest BCUT2D eigenvalue weighted by atomic mass is 9.89. The minimum Gasteiger partial charge on any atom is -0.301 e. The molecule has 0 aliphatic carbocycles. The van der Waals surface area contributed by atoms with Crippen molar-refractivity contribution in [3.05, 3.63) is 70.1 Å².